The third-order valence-corrected chi connectivity index (χ3v) is 5.25. The van der Waals surface area contributed by atoms with E-state index >= 15 is 0 Å². The maximum atomic E-state index is 5.82. The van der Waals surface area contributed by atoms with Crippen LogP contribution in [0, 0.1) is 0 Å². The Hall–Kier alpha value is -1.21. The molecule has 0 unspecified atom stereocenters. The molecular weight excluding hydrogens is 300 g/mol. The van der Waals surface area contributed by atoms with Gasteiger partial charge in [-0.2, -0.15) is 0 Å². The van der Waals surface area contributed by atoms with Crippen LogP contribution in [0.4, 0.5) is 5.69 Å². The number of para-hydroxylation sites is 3. The summed E-state index contributed by atoms with van der Waals surface area (Å²) in [6, 6.07) is 17.5. The molecule has 3 nitrogen and oxygen atoms in total. The number of nitrogens with one attached hydrogen (secondary N) is 1. The van der Waals surface area contributed by atoms with Gasteiger partial charge in [-0.3, -0.25) is 0 Å². The van der Waals surface area contributed by atoms with Crippen LogP contribution in [0.5, 0.6) is 11.5 Å². The molecule has 0 bridgehead atoms. The van der Waals surface area contributed by atoms with Gasteiger partial charge in [0.05, 0.1) is 0 Å². The van der Waals surface area contributed by atoms with Crippen molar-refractivity contribution in [3.8, 4) is 11.5 Å². The van der Waals surface area contributed by atoms with Gasteiger partial charge in [-0.1, -0.05) is 0 Å². The normalized spacial score (nSPS) is 15.5. The summed E-state index contributed by atoms with van der Waals surface area (Å²) in [7, 11) is 0. The third-order valence-electron chi connectivity index (χ3n) is 2.33. The molecule has 0 atom stereocenters. The second-order valence-corrected chi connectivity index (χ2v) is 8.21. The molecule has 0 amide bonds. The SMILES string of the molecule is [Se]=P1(Nc2ccccc2)Oc2ccccc2O1. The van der Waals surface area contributed by atoms with E-state index in [0.717, 1.165) is 17.2 Å². The van der Waals surface area contributed by atoms with Crippen molar-refractivity contribution in [1.29, 1.82) is 0 Å². The van der Waals surface area contributed by atoms with Crippen LogP contribution < -0.4 is 14.1 Å². The van der Waals surface area contributed by atoms with Crippen molar-refractivity contribution in [2.45, 2.75) is 0 Å². The summed E-state index contributed by atoms with van der Waals surface area (Å²) in [5.74, 6) is 1.56. The van der Waals surface area contributed by atoms with Crippen molar-refractivity contribution in [3.05, 3.63) is 54.6 Å². The molecule has 1 aliphatic rings. The van der Waals surface area contributed by atoms with Crippen LogP contribution in [0.25, 0.3) is 0 Å². The predicted molar refractivity (Wildman–Crippen MR) is 70.4 cm³/mol. The van der Waals surface area contributed by atoms with Gasteiger partial charge in [0.15, 0.2) is 0 Å². The number of hydrogen-bond donors (Lipinski definition) is 1. The minimum atomic E-state index is -2.20. The second kappa shape index (κ2) is 4.23. The Morgan fingerprint density at radius 2 is 1.35 bits per heavy atom. The number of rotatable bonds is 2. The topological polar surface area (TPSA) is 30.5 Å². The van der Waals surface area contributed by atoms with Gasteiger partial charge in [0.25, 0.3) is 0 Å². The van der Waals surface area contributed by atoms with E-state index < -0.39 is 6.11 Å². The molecule has 5 heteroatoms. The van der Waals surface area contributed by atoms with Gasteiger partial charge in [0, 0.05) is 0 Å². The minimum absolute atomic E-state index is 0.781. The number of hydrogen-bond acceptors (Lipinski definition) is 3. The molecule has 0 saturated carbocycles. The van der Waals surface area contributed by atoms with Crippen LogP contribution in [0.2, 0.25) is 0 Å². The van der Waals surface area contributed by atoms with Gasteiger partial charge in [-0.15, -0.1) is 0 Å². The summed E-state index contributed by atoms with van der Waals surface area (Å²) in [6.45, 7) is 0. The van der Waals surface area contributed by atoms with Crippen LogP contribution in [0.3, 0.4) is 0 Å². The predicted octanol–water partition coefficient (Wildman–Crippen LogP) is 3.42. The van der Waals surface area contributed by atoms with Gasteiger partial charge < -0.3 is 0 Å². The van der Waals surface area contributed by atoms with E-state index in [2.05, 4.69) is 20.2 Å². The molecule has 0 spiro atoms. The van der Waals surface area contributed by atoms with Crippen LogP contribution in [-0.2, 0) is 0 Å². The van der Waals surface area contributed by atoms with E-state index in [1.807, 2.05) is 54.6 Å². The molecule has 1 aliphatic heterocycles. The Balaban J connectivity index is 1.85. The number of benzene rings is 2. The maximum absolute atomic E-state index is 5.82. The molecule has 17 heavy (non-hydrogen) atoms. The van der Waals surface area contributed by atoms with E-state index in [0.29, 0.717) is 0 Å². The zero-order valence-electron chi connectivity index (χ0n) is 8.87. The fourth-order valence-corrected chi connectivity index (χ4v) is 4.68. The quantitative estimate of drug-likeness (QED) is 0.681. The Labute approximate surface area is 107 Å². The van der Waals surface area contributed by atoms with E-state index in [1.165, 1.54) is 0 Å². The van der Waals surface area contributed by atoms with E-state index in [4.69, 9.17) is 9.05 Å². The molecular formula is C12H10NO2PSe. The molecule has 2 aromatic rings. The summed E-state index contributed by atoms with van der Waals surface area (Å²) < 4.78 is 11.6. The molecule has 86 valence electrons. The molecule has 0 fully saturated rings. The molecule has 0 aliphatic carbocycles. The molecule has 0 saturated heterocycles. The average molecular weight is 310 g/mol. The van der Waals surface area contributed by atoms with Gasteiger partial charge in [-0.05, 0) is 0 Å². The van der Waals surface area contributed by atoms with Crippen molar-refractivity contribution < 1.29 is 9.05 Å². The van der Waals surface area contributed by atoms with Gasteiger partial charge in [0.2, 0.25) is 0 Å². The van der Waals surface area contributed by atoms with Gasteiger partial charge in [-0.25, -0.2) is 0 Å². The molecule has 1 heterocycles. The fourth-order valence-electron chi connectivity index (χ4n) is 1.60. The second-order valence-electron chi connectivity index (χ2n) is 3.60. The molecule has 0 radical (unpaired) electrons. The first kappa shape index (κ1) is 10.9. The fraction of sp³-hybridized carbons (Fsp3) is 0. The van der Waals surface area contributed by atoms with Crippen LogP contribution >= 0.6 is 6.11 Å². The Morgan fingerprint density at radius 3 is 1.94 bits per heavy atom. The zero-order valence-corrected chi connectivity index (χ0v) is 11.5. The average Bonchev–Trinajstić information content (AvgIpc) is 2.66. The van der Waals surface area contributed by atoms with Crippen molar-refractivity contribution >= 4 is 26.9 Å². The molecule has 0 aromatic heterocycles. The van der Waals surface area contributed by atoms with E-state index in [9.17, 15) is 0 Å². The first-order valence-electron chi connectivity index (χ1n) is 5.17. The third kappa shape index (κ3) is 2.25. The van der Waals surface area contributed by atoms with Crippen LogP contribution in [0.15, 0.2) is 54.6 Å². The van der Waals surface area contributed by atoms with Crippen LogP contribution in [0.1, 0.15) is 0 Å². The standard InChI is InChI=1S/C12H10NO2PSe/c17-16(13-10-6-2-1-3-7-10)14-11-8-4-5-9-12(11)15-16/h1-9H,(H,13,17). The Bertz CT molecular complexity index is 559. The van der Waals surface area contributed by atoms with Crippen molar-refractivity contribution in [3.63, 3.8) is 0 Å². The number of anilines is 1. The van der Waals surface area contributed by atoms with Crippen LogP contribution in [-0.4, -0.2) is 15.1 Å². The van der Waals surface area contributed by atoms with E-state index in [1.54, 1.807) is 0 Å². The van der Waals surface area contributed by atoms with Gasteiger partial charge in [0.1, 0.15) is 0 Å². The zero-order chi connectivity index (χ0) is 11.7. The Kier molecular flexibility index (Phi) is 2.71. The summed E-state index contributed by atoms with van der Waals surface area (Å²) in [5.41, 5.74) is 0.979. The number of fused-ring (bicyclic) bond motifs is 1. The monoisotopic (exact) mass is 311 g/mol. The first-order chi connectivity index (χ1) is 8.25. The van der Waals surface area contributed by atoms with Gasteiger partial charge >= 0.3 is 107 Å². The summed E-state index contributed by atoms with van der Waals surface area (Å²) >= 11 is 3.00. The van der Waals surface area contributed by atoms with Crippen molar-refractivity contribution in [2.75, 3.05) is 5.09 Å². The summed E-state index contributed by atoms with van der Waals surface area (Å²) in [6.07, 6.45) is -2.20. The summed E-state index contributed by atoms with van der Waals surface area (Å²) in [5, 5.41) is 3.28. The molecule has 2 aromatic carbocycles. The van der Waals surface area contributed by atoms with Crippen molar-refractivity contribution in [2.24, 2.45) is 0 Å². The summed E-state index contributed by atoms with van der Waals surface area (Å²) in [4.78, 5) is 0. The molecule has 3 rings (SSSR count). The first-order valence-corrected chi connectivity index (χ1v) is 9.01. The van der Waals surface area contributed by atoms with Crippen molar-refractivity contribution in [1.82, 2.24) is 0 Å². The molecule has 1 N–H and O–H groups in total. The Morgan fingerprint density at radius 1 is 0.824 bits per heavy atom. The van der Waals surface area contributed by atoms with E-state index in [-0.39, 0.29) is 0 Å².